The number of rotatable bonds is 2. The fourth-order valence-corrected chi connectivity index (χ4v) is 2.04. The Bertz CT molecular complexity index is 462. The maximum atomic E-state index is 11.5. The van der Waals surface area contributed by atoms with Crippen LogP contribution >= 0.6 is 15.9 Å². The van der Waals surface area contributed by atoms with Crippen molar-refractivity contribution in [3.05, 3.63) is 26.7 Å². The van der Waals surface area contributed by atoms with Crippen LogP contribution in [0.15, 0.2) is 4.47 Å². The zero-order chi connectivity index (χ0) is 12.6. The van der Waals surface area contributed by atoms with Crippen molar-refractivity contribution in [3.63, 3.8) is 0 Å². The van der Waals surface area contributed by atoms with Crippen LogP contribution in [0.1, 0.15) is 27.0 Å². The lowest BCUT2D eigenvalue weighted by atomic mass is 9.94. The number of Topliss-reactive ketones (excluding diaryl/α,β-unsaturated/α-hetero) is 1. The Kier molecular flexibility index (Phi) is 3.38. The summed E-state index contributed by atoms with van der Waals surface area (Å²) in [6.07, 6.45) is 0. The summed E-state index contributed by atoms with van der Waals surface area (Å²) in [5.41, 5.74) is 1.57. The van der Waals surface area contributed by atoms with Gasteiger partial charge in [-0.25, -0.2) is 4.79 Å². The minimum Gasteiger partial charge on any atom is -0.506 e. The first-order chi connectivity index (χ1) is 7.29. The van der Waals surface area contributed by atoms with Gasteiger partial charge in [-0.15, -0.1) is 0 Å². The molecule has 2 N–H and O–H groups in total. The fraction of sp³-hybridized carbons (Fsp3) is 0.273. The second-order valence-corrected chi connectivity index (χ2v) is 4.34. The highest BCUT2D eigenvalue weighted by molar-refractivity contribution is 9.10. The quantitative estimate of drug-likeness (QED) is 0.646. The first-order valence-corrected chi connectivity index (χ1v) is 5.34. The van der Waals surface area contributed by atoms with Gasteiger partial charge in [-0.1, -0.05) is 0 Å². The topological polar surface area (TPSA) is 74.6 Å². The minimum atomic E-state index is -1.50. The number of benzene rings is 1. The number of phenolic OH excluding ortho intramolecular Hbond substituents is 1. The summed E-state index contributed by atoms with van der Waals surface area (Å²) >= 11 is 3.14. The Hall–Kier alpha value is -1.36. The van der Waals surface area contributed by atoms with Crippen molar-refractivity contribution in [1.82, 2.24) is 0 Å². The van der Waals surface area contributed by atoms with Crippen LogP contribution in [-0.4, -0.2) is 22.0 Å². The molecule has 0 atom stereocenters. The number of carbonyl (C=O) groups is 2. The highest BCUT2D eigenvalue weighted by atomic mass is 79.9. The first-order valence-electron chi connectivity index (χ1n) is 4.54. The SMILES string of the molecule is Cc1c(C)c(C(=O)C(=O)O)c(C)c(Br)c1O. The van der Waals surface area contributed by atoms with E-state index < -0.39 is 11.8 Å². The smallest absolute Gasteiger partial charge is 0.377 e. The van der Waals surface area contributed by atoms with Gasteiger partial charge in [-0.05, 0) is 53.4 Å². The van der Waals surface area contributed by atoms with Crippen molar-refractivity contribution in [3.8, 4) is 5.75 Å². The average Bonchev–Trinajstić information content (AvgIpc) is 2.23. The van der Waals surface area contributed by atoms with Crippen molar-refractivity contribution in [2.75, 3.05) is 0 Å². The van der Waals surface area contributed by atoms with E-state index in [1.165, 1.54) is 0 Å². The monoisotopic (exact) mass is 286 g/mol. The summed E-state index contributed by atoms with van der Waals surface area (Å²) in [5, 5.41) is 18.4. The number of aliphatic carboxylic acids is 1. The number of aromatic hydroxyl groups is 1. The van der Waals surface area contributed by atoms with E-state index in [0.717, 1.165) is 0 Å². The molecule has 0 aromatic heterocycles. The molecule has 1 aromatic carbocycles. The molecule has 0 aliphatic rings. The van der Waals surface area contributed by atoms with Crippen LogP contribution in [-0.2, 0) is 4.79 Å². The molecular formula is C11H11BrO4. The molecule has 86 valence electrons. The van der Waals surface area contributed by atoms with E-state index in [9.17, 15) is 14.7 Å². The van der Waals surface area contributed by atoms with E-state index >= 15 is 0 Å². The molecule has 0 aliphatic heterocycles. The number of hydrogen-bond donors (Lipinski definition) is 2. The number of carbonyl (C=O) groups excluding carboxylic acids is 1. The number of phenols is 1. The van der Waals surface area contributed by atoms with Gasteiger partial charge < -0.3 is 10.2 Å². The Balaban J connectivity index is 3.64. The van der Waals surface area contributed by atoms with Gasteiger partial charge in [0.1, 0.15) is 5.75 Å². The van der Waals surface area contributed by atoms with Gasteiger partial charge in [0.2, 0.25) is 0 Å². The van der Waals surface area contributed by atoms with Crippen molar-refractivity contribution < 1.29 is 19.8 Å². The van der Waals surface area contributed by atoms with E-state index in [0.29, 0.717) is 21.2 Å². The molecule has 5 heteroatoms. The maximum absolute atomic E-state index is 11.5. The highest BCUT2D eigenvalue weighted by Gasteiger charge is 2.24. The van der Waals surface area contributed by atoms with Gasteiger partial charge in [0.05, 0.1) is 4.47 Å². The standard InChI is InChI=1S/C11H11BrO4/c1-4-5(2)9(13)8(12)6(3)7(4)10(14)11(15)16/h13H,1-3H3,(H,15,16). The van der Waals surface area contributed by atoms with Crippen LogP contribution in [0.5, 0.6) is 5.75 Å². The van der Waals surface area contributed by atoms with E-state index in [1.807, 2.05) is 0 Å². The van der Waals surface area contributed by atoms with Crippen LogP contribution in [0.2, 0.25) is 0 Å². The van der Waals surface area contributed by atoms with Gasteiger partial charge in [0.15, 0.2) is 0 Å². The lowest BCUT2D eigenvalue weighted by Gasteiger charge is -2.14. The van der Waals surface area contributed by atoms with Crippen LogP contribution in [0.4, 0.5) is 0 Å². The molecule has 0 fully saturated rings. The van der Waals surface area contributed by atoms with E-state index in [2.05, 4.69) is 15.9 Å². The third-order valence-electron chi connectivity index (χ3n) is 2.63. The fourth-order valence-electron chi connectivity index (χ4n) is 1.55. The zero-order valence-corrected chi connectivity index (χ0v) is 10.7. The van der Waals surface area contributed by atoms with Crippen LogP contribution in [0.3, 0.4) is 0 Å². The van der Waals surface area contributed by atoms with Crippen LogP contribution < -0.4 is 0 Å². The molecule has 1 aromatic rings. The molecule has 0 saturated heterocycles. The Morgan fingerprint density at radius 1 is 1.06 bits per heavy atom. The predicted octanol–water partition coefficient (Wildman–Crippen LogP) is 2.35. The molecule has 0 unspecified atom stereocenters. The number of halogens is 1. The van der Waals surface area contributed by atoms with Gasteiger partial charge >= 0.3 is 5.97 Å². The summed E-state index contributed by atoms with van der Waals surface area (Å²) in [6.45, 7) is 4.84. The molecule has 0 amide bonds. The normalized spacial score (nSPS) is 10.2. The van der Waals surface area contributed by atoms with Crippen molar-refractivity contribution in [2.45, 2.75) is 20.8 Å². The van der Waals surface area contributed by atoms with Gasteiger partial charge in [-0.2, -0.15) is 0 Å². The lowest BCUT2D eigenvalue weighted by molar-refractivity contribution is -0.131. The Labute approximate surface area is 101 Å². The van der Waals surface area contributed by atoms with Crippen LogP contribution in [0, 0.1) is 20.8 Å². The molecule has 0 heterocycles. The first kappa shape index (κ1) is 12.7. The van der Waals surface area contributed by atoms with Gasteiger partial charge in [0.25, 0.3) is 5.78 Å². The zero-order valence-electron chi connectivity index (χ0n) is 9.09. The number of carboxylic acid groups (broad SMARTS) is 1. The molecule has 4 nitrogen and oxygen atoms in total. The molecule has 0 aliphatic carbocycles. The Morgan fingerprint density at radius 3 is 2.00 bits per heavy atom. The number of hydrogen-bond acceptors (Lipinski definition) is 3. The number of ketones is 1. The predicted molar refractivity (Wildman–Crippen MR) is 62.0 cm³/mol. The van der Waals surface area contributed by atoms with Crippen molar-refractivity contribution in [1.29, 1.82) is 0 Å². The maximum Gasteiger partial charge on any atom is 0.377 e. The second kappa shape index (κ2) is 4.25. The minimum absolute atomic E-state index is 0.0388. The molecule has 0 bridgehead atoms. The van der Waals surface area contributed by atoms with Crippen molar-refractivity contribution in [2.24, 2.45) is 0 Å². The molecule has 0 spiro atoms. The van der Waals surface area contributed by atoms with E-state index in [1.54, 1.807) is 20.8 Å². The second-order valence-electron chi connectivity index (χ2n) is 3.55. The van der Waals surface area contributed by atoms with Crippen molar-refractivity contribution >= 4 is 27.7 Å². The highest BCUT2D eigenvalue weighted by Crippen LogP contribution is 2.36. The summed E-state index contributed by atoms with van der Waals surface area (Å²) < 4.78 is 0.361. The average molecular weight is 287 g/mol. The summed E-state index contributed by atoms with van der Waals surface area (Å²) in [4.78, 5) is 22.2. The largest absolute Gasteiger partial charge is 0.506 e. The van der Waals surface area contributed by atoms with Gasteiger partial charge in [-0.3, -0.25) is 4.79 Å². The summed E-state index contributed by atoms with van der Waals surface area (Å²) in [6, 6.07) is 0. The molecule has 0 radical (unpaired) electrons. The summed E-state index contributed by atoms with van der Waals surface area (Å²) in [5.74, 6) is -2.42. The van der Waals surface area contributed by atoms with E-state index in [-0.39, 0.29) is 11.3 Å². The summed E-state index contributed by atoms with van der Waals surface area (Å²) in [7, 11) is 0. The molecule has 1 rings (SSSR count). The number of carboxylic acids is 1. The third kappa shape index (κ3) is 1.82. The third-order valence-corrected chi connectivity index (χ3v) is 3.60. The Morgan fingerprint density at radius 2 is 1.56 bits per heavy atom. The van der Waals surface area contributed by atoms with Gasteiger partial charge in [0, 0.05) is 5.56 Å². The lowest BCUT2D eigenvalue weighted by Crippen LogP contribution is -2.16. The van der Waals surface area contributed by atoms with Crippen LogP contribution in [0.25, 0.3) is 0 Å². The van der Waals surface area contributed by atoms with E-state index in [4.69, 9.17) is 5.11 Å². The molecule has 0 saturated carbocycles. The molecular weight excluding hydrogens is 276 g/mol. The molecule has 16 heavy (non-hydrogen) atoms.